The van der Waals surface area contributed by atoms with Gasteiger partial charge >= 0.3 is 0 Å². The summed E-state index contributed by atoms with van der Waals surface area (Å²) in [5.74, 6) is 2.50. The fourth-order valence-electron chi connectivity index (χ4n) is 3.57. The minimum absolute atomic E-state index is 0.204. The molecule has 0 bridgehead atoms. The lowest BCUT2D eigenvalue weighted by Crippen LogP contribution is -2.38. The van der Waals surface area contributed by atoms with Crippen LogP contribution in [0.5, 0.6) is 11.5 Å². The van der Waals surface area contributed by atoms with Gasteiger partial charge in [-0.1, -0.05) is 19.1 Å². The van der Waals surface area contributed by atoms with Crippen molar-refractivity contribution in [3.05, 3.63) is 58.9 Å². The molecule has 3 rings (SSSR count). The normalized spacial score (nSPS) is 14.4. The molecule has 1 aliphatic rings. The van der Waals surface area contributed by atoms with E-state index in [-0.39, 0.29) is 12.6 Å². The van der Waals surface area contributed by atoms with E-state index in [0.29, 0.717) is 32.0 Å². The van der Waals surface area contributed by atoms with E-state index in [1.165, 1.54) is 17.7 Å². The first kappa shape index (κ1) is 22.9. The number of aliphatic imine (C=N–C) groups is 1. The number of guanidine groups is 1. The molecule has 168 valence electrons. The van der Waals surface area contributed by atoms with Crippen molar-refractivity contribution in [2.24, 2.45) is 4.99 Å². The molecular weight excluding hydrogens is 397 g/mol. The molecule has 1 aliphatic heterocycles. The Balaban J connectivity index is 1.52. The van der Waals surface area contributed by atoms with Crippen molar-refractivity contribution in [3.8, 4) is 11.5 Å². The van der Waals surface area contributed by atoms with Crippen LogP contribution in [0.25, 0.3) is 0 Å². The highest BCUT2D eigenvalue weighted by atomic mass is 19.1. The van der Waals surface area contributed by atoms with Gasteiger partial charge in [0.15, 0.2) is 12.8 Å². The fourth-order valence-corrected chi connectivity index (χ4v) is 3.57. The molecule has 0 spiro atoms. The number of ether oxygens (including phenoxy) is 3. The molecule has 0 aliphatic carbocycles. The molecule has 0 fully saturated rings. The lowest BCUT2D eigenvalue weighted by atomic mass is 9.98. The predicted molar refractivity (Wildman–Crippen MR) is 120 cm³/mol. The van der Waals surface area contributed by atoms with Gasteiger partial charge in [-0.2, -0.15) is 0 Å². The highest BCUT2D eigenvalue weighted by Crippen LogP contribution is 2.29. The minimum atomic E-state index is -0.268. The number of hydrogen-bond acceptors (Lipinski definition) is 4. The maximum absolute atomic E-state index is 13.9. The molecular formula is C24H32FN3O3. The molecule has 6 nitrogen and oxygen atoms in total. The Morgan fingerprint density at radius 3 is 2.77 bits per heavy atom. The van der Waals surface area contributed by atoms with Crippen LogP contribution in [-0.2, 0) is 17.8 Å². The van der Waals surface area contributed by atoms with Gasteiger partial charge in [-0.3, -0.25) is 4.99 Å². The predicted octanol–water partition coefficient (Wildman–Crippen LogP) is 3.99. The van der Waals surface area contributed by atoms with Gasteiger partial charge < -0.3 is 24.8 Å². The van der Waals surface area contributed by atoms with E-state index in [2.05, 4.69) is 29.7 Å². The molecule has 0 aromatic heterocycles. The van der Waals surface area contributed by atoms with Crippen LogP contribution < -0.4 is 20.1 Å². The van der Waals surface area contributed by atoms with Gasteiger partial charge in [0.05, 0.1) is 13.7 Å². The number of fused-ring (bicyclic) bond motifs is 1. The standard InChI is InChI=1S/C24H32FN3O3/c1-4-26-24(27-11-9-17(2)18-5-7-22(29-3)8-6-18)28-12-10-19-13-21(25)14-20-15-30-16-31-23(19)20/h5-8,13-14,17H,4,9-12,15-16H2,1-3H3,(H2,26,27,28). The molecule has 1 atom stereocenters. The van der Waals surface area contributed by atoms with Crippen LogP contribution in [0.2, 0.25) is 0 Å². The zero-order chi connectivity index (χ0) is 22.1. The van der Waals surface area contributed by atoms with Crippen LogP contribution in [0, 0.1) is 5.82 Å². The fraction of sp³-hybridized carbons (Fsp3) is 0.458. The topological polar surface area (TPSA) is 64.1 Å². The minimum Gasteiger partial charge on any atom is -0.497 e. The summed E-state index contributed by atoms with van der Waals surface area (Å²) in [6, 6.07) is 11.2. The molecule has 1 unspecified atom stereocenters. The average molecular weight is 430 g/mol. The quantitative estimate of drug-likeness (QED) is 0.466. The molecule has 0 saturated carbocycles. The second kappa shape index (κ2) is 11.6. The van der Waals surface area contributed by atoms with Gasteiger partial charge in [-0.05, 0) is 61.1 Å². The molecule has 0 saturated heterocycles. The first-order valence-electron chi connectivity index (χ1n) is 10.8. The van der Waals surface area contributed by atoms with Gasteiger partial charge in [0.2, 0.25) is 0 Å². The van der Waals surface area contributed by atoms with Gasteiger partial charge in [0.1, 0.15) is 17.3 Å². The number of benzene rings is 2. The van der Waals surface area contributed by atoms with Crippen molar-refractivity contribution < 1.29 is 18.6 Å². The lowest BCUT2D eigenvalue weighted by molar-refractivity contribution is -0.0172. The van der Waals surface area contributed by atoms with Crippen LogP contribution in [0.1, 0.15) is 42.9 Å². The van der Waals surface area contributed by atoms with Crippen molar-refractivity contribution in [3.63, 3.8) is 0 Å². The number of halogens is 1. The number of hydrogen-bond donors (Lipinski definition) is 2. The zero-order valence-electron chi connectivity index (χ0n) is 18.5. The van der Waals surface area contributed by atoms with Crippen LogP contribution in [0.3, 0.4) is 0 Å². The molecule has 0 radical (unpaired) electrons. The Kier molecular flexibility index (Phi) is 8.53. The van der Waals surface area contributed by atoms with Gasteiger partial charge in [-0.25, -0.2) is 4.39 Å². The second-order valence-corrected chi connectivity index (χ2v) is 7.56. The molecule has 2 aromatic carbocycles. The SMILES string of the molecule is CCNC(=NCCC(C)c1ccc(OC)cc1)NCCc1cc(F)cc2c1OCOC2. The first-order chi connectivity index (χ1) is 15.1. The van der Waals surface area contributed by atoms with Crippen LogP contribution in [-0.4, -0.2) is 39.5 Å². The monoisotopic (exact) mass is 429 g/mol. The maximum Gasteiger partial charge on any atom is 0.191 e. The number of nitrogens with zero attached hydrogens (tertiary/aromatic N) is 1. The van der Waals surface area contributed by atoms with Crippen molar-refractivity contribution >= 4 is 5.96 Å². The van der Waals surface area contributed by atoms with Gasteiger partial charge in [0, 0.05) is 25.2 Å². The molecule has 7 heteroatoms. The maximum atomic E-state index is 13.9. The summed E-state index contributed by atoms with van der Waals surface area (Å²) in [6.07, 6.45) is 1.57. The van der Waals surface area contributed by atoms with Crippen molar-refractivity contribution in [1.82, 2.24) is 10.6 Å². The summed E-state index contributed by atoms with van der Waals surface area (Å²) in [5.41, 5.74) is 2.87. The van der Waals surface area contributed by atoms with E-state index >= 15 is 0 Å². The Labute approximate surface area is 183 Å². The van der Waals surface area contributed by atoms with E-state index in [4.69, 9.17) is 19.2 Å². The van der Waals surface area contributed by atoms with Crippen molar-refractivity contribution in [1.29, 1.82) is 0 Å². The highest BCUT2D eigenvalue weighted by molar-refractivity contribution is 5.79. The third kappa shape index (κ3) is 6.59. The van der Waals surface area contributed by atoms with Crippen LogP contribution in [0.4, 0.5) is 4.39 Å². The summed E-state index contributed by atoms with van der Waals surface area (Å²) in [6.45, 7) is 6.93. The molecule has 2 N–H and O–H groups in total. The number of rotatable bonds is 9. The van der Waals surface area contributed by atoms with Crippen molar-refractivity contribution in [2.45, 2.75) is 39.2 Å². The summed E-state index contributed by atoms with van der Waals surface area (Å²) in [4.78, 5) is 4.69. The first-order valence-corrected chi connectivity index (χ1v) is 10.8. The largest absolute Gasteiger partial charge is 0.497 e. The van der Waals surface area contributed by atoms with E-state index in [1.807, 2.05) is 19.1 Å². The van der Waals surface area contributed by atoms with Gasteiger partial charge in [-0.15, -0.1) is 0 Å². The van der Waals surface area contributed by atoms with E-state index in [0.717, 1.165) is 41.6 Å². The summed E-state index contributed by atoms with van der Waals surface area (Å²) in [7, 11) is 1.67. The summed E-state index contributed by atoms with van der Waals surface area (Å²) < 4.78 is 30.0. The zero-order valence-corrected chi connectivity index (χ0v) is 18.5. The smallest absolute Gasteiger partial charge is 0.191 e. The Bertz CT molecular complexity index is 871. The van der Waals surface area contributed by atoms with Gasteiger partial charge in [0.25, 0.3) is 0 Å². The summed E-state index contributed by atoms with van der Waals surface area (Å²) in [5, 5.41) is 6.61. The van der Waals surface area contributed by atoms with E-state index < -0.39 is 0 Å². The number of methoxy groups -OCH3 is 1. The van der Waals surface area contributed by atoms with Crippen LogP contribution >= 0.6 is 0 Å². The Morgan fingerprint density at radius 2 is 2.03 bits per heavy atom. The van der Waals surface area contributed by atoms with Crippen molar-refractivity contribution in [2.75, 3.05) is 33.5 Å². The number of nitrogens with one attached hydrogen (secondary N) is 2. The molecule has 2 aromatic rings. The lowest BCUT2D eigenvalue weighted by Gasteiger charge is -2.21. The van der Waals surface area contributed by atoms with Crippen LogP contribution in [0.15, 0.2) is 41.4 Å². The Morgan fingerprint density at radius 1 is 1.23 bits per heavy atom. The van der Waals surface area contributed by atoms with E-state index in [1.54, 1.807) is 7.11 Å². The third-order valence-electron chi connectivity index (χ3n) is 5.30. The third-order valence-corrected chi connectivity index (χ3v) is 5.30. The average Bonchev–Trinajstić information content (AvgIpc) is 2.79. The highest BCUT2D eigenvalue weighted by Gasteiger charge is 2.16. The molecule has 31 heavy (non-hydrogen) atoms. The Hall–Kier alpha value is -2.80. The van der Waals surface area contributed by atoms with E-state index in [9.17, 15) is 4.39 Å². The second-order valence-electron chi connectivity index (χ2n) is 7.56. The molecule has 1 heterocycles. The molecule has 0 amide bonds. The summed E-state index contributed by atoms with van der Waals surface area (Å²) >= 11 is 0.